The number of hydrogen-bond donors (Lipinski definition) is 4. The summed E-state index contributed by atoms with van der Waals surface area (Å²) >= 11 is 0. The van der Waals surface area contributed by atoms with Crippen molar-refractivity contribution < 1.29 is 14.9 Å². The van der Waals surface area contributed by atoms with E-state index in [4.69, 9.17) is 15.6 Å². The average Bonchev–Trinajstić information content (AvgIpc) is 2.35. The molecule has 0 aliphatic heterocycles. The molecule has 5 N–H and O–H groups in total. The number of aliphatic hydroxyl groups is 2. The van der Waals surface area contributed by atoms with Crippen LogP contribution in [0.25, 0.3) is 0 Å². The van der Waals surface area contributed by atoms with E-state index in [1.807, 2.05) is 6.92 Å². The predicted octanol–water partition coefficient (Wildman–Crippen LogP) is 0.218. The number of nitrogen functional groups attached to an aromatic ring is 1. The summed E-state index contributed by atoms with van der Waals surface area (Å²) in [4.78, 5) is 4.16. The van der Waals surface area contributed by atoms with Crippen LogP contribution in [0.1, 0.15) is 13.3 Å². The van der Waals surface area contributed by atoms with E-state index in [0.29, 0.717) is 24.0 Å². The summed E-state index contributed by atoms with van der Waals surface area (Å²) in [5.74, 6) is 0.938. The smallest absolute Gasteiger partial charge is 0.239 e. The maximum absolute atomic E-state index is 9.19. The van der Waals surface area contributed by atoms with Crippen molar-refractivity contribution in [3.8, 4) is 5.88 Å². The molecule has 1 atom stereocenters. The molecule has 1 unspecified atom stereocenters. The fraction of sp³-hybridized carbons (Fsp3) is 0.545. The zero-order valence-corrected chi connectivity index (χ0v) is 9.89. The fourth-order valence-electron chi connectivity index (χ4n) is 1.15. The molecule has 0 saturated carbocycles. The van der Waals surface area contributed by atoms with Crippen LogP contribution in [0.15, 0.2) is 12.1 Å². The van der Waals surface area contributed by atoms with Gasteiger partial charge in [-0.3, -0.25) is 0 Å². The van der Waals surface area contributed by atoms with Gasteiger partial charge in [-0.25, -0.2) is 0 Å². The van der Waals surface area contributed by atoms with Gasteiger partial charge in [-0.05, 0) is 18.6 Å². The monoisotopic (exact) mass is 241 g/mol. The number of nitrogens with one attached hydrogen (secondary N) is 1. The number of aliphatic hydroxyl groups excluding tert-OH is 2. The highest BCUT2D eigenvalue weighted by Crippen LogP contribution is 2.20. The lowest BCUT2D eigenvalue weighted by atomic mass is 10.3. The number of anilines is 2. The van der Waals surface area contributed by atoms with Gasteiger partial charge in [0.15, 0.2) is 0 Å². The lowest BCUT2D eigenvalue weighted by molar-refractivity contribution is 0.105. The molecule has 0 aliphatic carbocycles. The van der Waals surface area contributed by atoms with Gasteiger partial charge in [0.2, 0.25) is 5.88 Å². The van der Waals surface area contributed by atoms with Gasteiger partial charge >= 0.3 is 0 Å². The Morgan fingerprint density at radius 2 is 2.29 bits per heavy atom. The standard InChI is InChI=1S/C11H19N3O3/c1-2-5-17-11-9(12)3-4-10(14-11)13-6-8(16)7-15/h3-4,8,15-16H,2,5-7,12H2,1H3,(H,13,14). The van der Waals surface area contributed by atoms with Crippen LogP contribution in [0.2, 0.25) is 0 Å². The first-order valence-electron chi connectivity index (χ1n) is 5.59. The third kappa shape index (κ3) is 4.46. The Morgan fingerprint density at radius 1 is 1.53 bits per heavy atom. The van der Waals surface area contributed by atoms with Crippen LogP contribution in [-0.2, 0) is 0 Å². The summed E-state index contributed by atoms with van der Waals surface area (Å²) < 4.78 is 5.37. The second-order valence-corrected chi connectivity index (χ2v) is 3.66. The van der Waals surface area contributed by atoms with Crippen molar-refractivity contribution in [3.63, 3.8) is 0 Å². The summed E-state index contributed by atoms with van der Waals surface area (Å²) in [6.07, 6.45) is 0.0662. The van der Waals surface area contributed by atoms with E-state index in [9.17, 15) is 5.11 Å². The molecule has 1 heterocycles. The zero-order chi connectivity index (χ0) is 12.7. The highest BCUT2D eigenvalue weighted by Gasteiger charge is 2.06. The highest BCUT2D eigenvalue weighted by atomic mass is 16.5. The number of nitrogens with zero attached hydrogens (tertiary/aromatic N) is 1. The summed E-state index contributed by atoms with van der Waals surface area (Å²) in [6, 6.07) is 3.38. The number of rotatable bonds is 7. The van der Waals surface area contributed by atoms with Crippen molar-refractivity contribution in [2.75, 3.05) is 30.8 Å². The molecule has 0 radical (unpaired) electrons. The molecule has 0 aliphatic rings. The molecule has 1 aromatic heterocycles. The van der Waals surface area contributed by atoms with Crippen molar-refractivity contribution in [2.45, 2.75) is 19.4 Å². The van der Waals surface area contributed by atoms with Gasteiger partial charge in [-0.1, -0.05) is 6.92 Å². The first-order chi connectivity index (χ1) is 8.17. The zero-order valence-electron chi connectivity index (χ0n) is 9.89. The topological polar surface area (TPSA) is 101 Å². The van der Waals surface area contributed by atoms with E-state index in [1.165, 1.54) is 0 Å². The summed E-state index contributed by atoms with van der Waals surface area (Å²) in [5, 5.41) is 20.7. The molecule has 0 bridgehead atoms. The molecular weight excluding hydrogens is 222 g/mol. The molecule has 96 valence electrons. The molecule has 6 nitrogen and oxygen atoms in total. The van der Waals surface area contributed by atoms with Crippen molar-refractivity contribution in [1.82, 2.24) is 4.98 Å². The van der Waals surface area contributed by atoms with Crippen LogP contribution in [0.5, 0.6) is 5.88 Å². The first-order valence-corrected chi connectivity index (χ1v) is 5.59. The number of hydrogen-bond acceptors (Lipinski definition) is 6. The van der Waals surface area contributed by atoms with E-state index >= 15 is 0 Å². The molecule has 1 rings (SSSR count). The third-order valence-electron chi connectivity index (χ3n) is 2.06. The molecule has 0 fully saturated rings. The van der Waals surface area contributed by atoms with E-state index < -0.39 is 6.10 Å². The molecule has 1 aromatic rings. The minimum Gasteiger partial charge on any atom is -0.476 e. The minimum absolute atomic E-state index is 0.223. The second-order valence-electron chi connectivity index (χ2n) is 3.66. The summed E-state index contributed by atoms with van der Waals surface area (Å²) in [7, 11) is 0. The van der Waals surface area contributed by atoms with Crippen LogP contribution >= 0.6 is 0 Å². The van der Waals surface area contributed by atoms with E-state index in [0.717, 1.165) is 6.42 Å². The van der Waals surface area contributed by atoms with Gasteiger partial charge in [-0.2, -0.15) is 4.98 Å². The lowest BCUT2D eigenvalue weighted by Gasteiger charge is -2.12. The van der Waals surface area contributed by atoms with Gasteiger partial charge < -0.3 is 26.0 Å². The van der Waals surface area contributed by atoms with E-state index in [-0.39, 0.29) is 13.2 Å². The van der Waals surface area contributed by atoms with Gasteiger partial charge in [0, 0.05) is 6.54 Å². The van der Waals surface area contributed by atoms with Crippen molar-refractivity contribution >= 4 is 11.5 Å². The van der Waals surface area contributed by atoms with Gasteiger partial charge in [0.05, 0.1) is 25.0 Å². The Morgan fingerprint density at radius 3 is 2.94 bits per heavy atom. The number of ether oxygens (including phenoxy) is 1. The SMILES string of the molecule is CCCOc1nc(NCC(O)CO)ccc1N. The number of aromatic nitrogens is 1. The Kier molecular flexibility index (Phi) is 5.51. The maximum Gasteiger partial charge on any atom is 0.239 e. The third-order valence-corrected chi connectivity index (χ3v) is 2.06. The van der Waals surface area contributed by atoms with Gasteiger partial charge in [0.1, 0.15) is 5.82 Å². The Bertz CT molecular complexity index is 347. The van der Waals surface area contributed by atoms with Crippen molar-refractivity contribution in [3.05, 3.63) is 12.1 Å². The van der Waals surface area contributed by atoms with E-state index in [2.05, 4.69) is 10.3 Å². The summed E-state index contributed by atoms with van der Waals surface area (Å²) in [5.41, 5.74) is 6.19. The highest BCUT2D eigenvalue weighted by molar-refractivity contribution is 5.53. The molecule has 17 heavy (non-hydrogen) atoms. The predicted molar refractivity (Wildman–Crippen MR) is 66.0 cm³/mol. The summed E-state index contributed by atoms with van der Waals surface area (Å²) in [6.45, 7) is 2.48. The van der Waals surface area contributed by atoms with Crippen molar-refractivity contribution in [1.29, 1.82) is 0 Å². The number of pyridine rings is 1. The van der Waals surface area contributed by atoms with Gasteiger partial charge in [-0.15, -0.1) is 0 Å². The Hall–Kier alpha value is -1.53. The molecular formula is C11H19N3O3. The average molecular weight is 241 g/mol. The van der Waals surface area contributed by atoms with E-state index in [1.54, 1.807) is 12.1 Å². The van der Waals surface area contributed by atoms with Crippen LogP contribution in [-0.4, -0.2) is 41.1 Å². The van der Waals surface area contributed by atoms with Crippen LogP contribution < -0.4 is 15.8 Å². The minimum atomic E-state index is -0.811. The quantitative estimate of drug-likeness (QED) is 0.545. The first kappa shape index (κ1) is 13.5. The van der Waals surface area contributed by atoms with Crippen LogP contribution in [0.4, 0.5) is 11.5 Å². The molecule has 0 aromatic carbocycles. The van der Waals surface area contributed by atoms with Crippen LogP contribution in [0, 0.1) is 0 Å². The van der Waals surface area contributed by atoms with Gasteiger partial charge in [0.25, 0.3) is 0 Å². The molecule has 0 spiro atoms. The number of nitrogens with two attached hydrogens (primary N) is 1. The second kappa shape index (κ2) is 6.93. The molecule has 0 saturated heterocycles. The maximum atomic E-state index is 9.19. The van der Waals surface area contributed by atoms with Crippen molar-refractivity contribution in [2.24, 2.45) is 0 Å². The fourth-order valence-corrected chi connectivity index (χ4v) is 1.15. The van der Waals surface area contributed by atoms with Crippen LogP contribution in [0.3, 0.4) is 0 Å². The largest absolute Gasteiger partial charge is 0.476 e. The normalized spacial score (nSPS) is 12.2. The molecule has 6 heteroatoms. The Labute approximate surface area is 100 Å². The lowest BCUT2D eigenvalue weighted by Crippen LogP contribution is -2.23. The molecule has 0 amide bonds. The Balaban J connectivity index is 2.61.